The molecule has 1 aromatic heterocycles. The smallest absolute Gasteiger partial charge is 0.308 e. The lowest BCUT2D eigenvalue weighted by atomic mass is 10.1. The standard InChI is InChI=1S/C17H20N2O3/c1-21-16(20)10-15-12-19(8-9-22-15)11-14-5-2-4-13-6-3-7-18-17(13)14/h2-7,15H,8-12H2,1H3/t15-/m1/s1. The lowest BCUT2D eigenvalue weighted by Gasteiger charge is -2.32. The molecule has 1 atom stereocenters. The first-order valence-electron chi connectivity index (χ1n) is 7.49. The van der Waals surface area contributed by atoms with Gasteiger partial charge < -0.3 is 9.47 Å². The summed E-state index contributed by atoms with van der Waals surface area (Å²) in [4.78, 5) is 18.2. The maximum absolute atomic E-state index is 11.4. The molecule has 5 nitrogen and oxygen atoms in total. The fourth-order valence-corrected chi connectivity index (χ4v) is 2.85. The van der Waals surface area contributed by atoms with Gasteiger partial charge in [0.15, 0.2) is 0 Å². The number of methoxy groups -OCH3 is 1. The number of ether oxygens (including phenoxy) is 2. The van der Waals surface area contributed by atoms with Crippen molar-refractivity contribution in [1.29, 1.82) is 0 Å². The van der Waals surface area contributed by atoms with E-state index in [0.29, 0.717) is 13.0 Å². The van der Waals surface area contributed by atoms with Gasteiger partial charge >= 0.3 is 5.97 Å². The fourth-order valence-electron chi connectivity index (χ4n) is 2.85. The molecule has 0 saturated carbocycles. The Morgan fingerprint density at radius 2 is 2.27 bits per heavy atom. The number of fused-ring (bicyclic) bond motifs is 1. The van der Waals surface area contributed by atoms with Gasteiger partial charge in [0.2, 0.25) is 0 Å². The number of morpholine rings is 1. The molecule has 0 amide bonds. The Morgan fingerprint density at radius 1 is 1.41 bits per heavy atom. The second kappa shape index (κ2) is 6.85. The van der Waals surface area contributed by atoms with Crippen LogP contribution in [-0.4, -0.2) is 48.8 Å². The molecule has 2 heterocycles. The summed E-state index contributed by atoms with van der Waals surface area (Å²) < 4.78 is 10.4. The SMILES string of the molecule is COC(=O)C[C@@H]1CN(Cc2cccc3cccnc23)CCO1. The van der Waals surface area contributed by atoms with E-state index >= 15 is 0 Å². The van der Waals surface area contributed by atoms with Crippen molar-refractivity contribution in [2.24, 2.45) is 0 Å². The maximum atomic E-state index is 11.4. The van der Waals surface area contributed by atoms with E-state index < -0.39 is 0 Å². The van der Waals surface area contributed by atoms with Gasteiger partial charge in [-0.15, -0.1) is 0 Å². The third-order valence-corrected chi connectivity index (χ3v) is 3.96. The highest BCUT2D eigenvalue weighted by Gasteiger charge is 2.23. The zero-order chi connectivity index (χ0) is 15.4. The average Bonchev–Trinajstić information content (AvgIpc) is 2.55. The lowest BCUT2D eigenvalue weighted by molar-refractivity contribution is -0.145. The number of carbonyl (C=O) groups excluding carboxylic acids is 1. The summed E-state index contributed by atoms with van der Waals surface area (Å²) >= 11 is 0. The molecule has 3 rings (SSSR count). The molecule has 0 spiro atoms. The summed E-state index contributed by atoms with van der Waals surface area (Å²) in [6.45, 7) is 3.05. The molecule has 0 N–H and O–H groups in total. The highest BCUT2D eigenvalue weighted by molar-refractivity contribution is 5.81. The van der Waals surface area contributed by atoms with E-state index in [0.717, 1.165) is 30.5 Å². The lowest BCUT2D eigenvalue weighted by Crippen LogP contribution is -2.42. The van der Waals surface area contributed by atoms with Crippen molar-refractivity contribution in [3.05, 3.63) is 42.1 Å². The molecule has 0 aliphatic carbocycles. The quantitative estimate of drug-likeness (QED) is 0.808. The van der Waals surface area contributed by atoms with E-state index in [1.165, 1.54) is 12.7 Å². The van der Waals surface area contributed by atoms with Crippen molar-refractivity contribution in [1.82, 2.24) is 9.88 Å². The van der Waals surface area contributed by atoms with Gasteiger partial charge in [0.1, 0.15) is 0 Å². The zero-order valence-electron chi connectivity index (χ0n) is 12.7. The highest BCUT2D eigenvalue weighted by atomic mass is 16.5. The van der Waals surface area contributed by atoms with Crippen LogP contribution in [0.1, 0.15) is 12.0 Å². The number of carbonyl (C=O) groups is 1. The number of hydrogen-bond acceptors (Lipinski definition) is 5. The Hall–Kier alpha value is -1.98. The van der Waals surface area contributed by atoms with Crippen LogP contribution < -0.4 is 0 Å². The van der Waals surface area contributed by atoms with Crippen molar-refractivity contribution in [3.63, 3.8) is 0 Å². The fraction of sp³-hybridized carbons (Fsp3) is 0.412. The van der Waals surface area contributed by atoms with Crippen LogP contribution in [0, 0.1) is 0 Å². The van der Waals surface area contributed by atoms with Crippen molar-refractivity contribution in [2.75, 3.05) is 26.8 Å². The number of rotatable bonds is 4. The van der Waals surface area contributed by atoms with E-state index in [1.807, 2.05) is 12.3 Å². The first-order chi connectivity index (χ1) is 10.8. The van der Waals surface area contributed by atoms with Crippen LogP contribution in [0.15, 0.2) is 36.5 Å². The maximum Gasteiger partial charge on any atom is 0.308 e. The molecule has 1 fully saturated rings. The zero-order valence-corrected chi connectivity index (χ0v) is 12.7. The van der Waals surface area contributed by atoms with E-state index in [1.54, 1.807) is 0 Å². The van der Waals surface area contributed by atoms with E-state index in [2.05, 4.69) is 34.1 Å². The first kappa shape index (κ1) is 14.9. The number of aromatic nitrogens is 1. The molecule has 5 heteroatoms. The second-order valence-electron chi connectivity index (χ2n) is 5.50. The third-order valence-electron chi connectivity index (χ3n) is 3.96. The topological polar surface area (TPSA) is 51.7 Å². The van der Waals surface area contributed by atoms with Gasteiger partial charge in [-0.3, -0.25) is 14.7 Å². The molecule has 0 bridgehead atoms. The Balaban J connectivity index is 1.70. The minimum absolute atomic E-state index is 0.0934. The summed E-state index contributed by atoms with van der Waals surface area (Å²) in [6, 6.07) is 10.3. The van der Waals surface area contributed by atoms with Gasteiger partial charge in [0.05, 0.1) is 31.8 Å². The Bertz CT molecular complexity index is 654. The summed E-state index contributed by atoms with van der Waals surface area (Å²) in [7, 11) is 1.41. The molecular formula is C17H20N2O3. The molecule has 1 aromatic carbocycles. The minimum Gasteiger partial charge on any atom is -0.469 e. The highest BCUT2D eigenvalue weighted by Crippen LogP contribution is 2.19. The number of para-hydroxylation sites is 1. The average molecular weight is 300 g/mol. The first-order valence-corrected chi connectivity index (χ1v) is 7.49. The van der Waals surface area contributed by atoms with Crippen molar-refractivity contribution >= 4 is 16.9 Å². The molecule has 2 aromatic rings. The molecule has 1 saturated heterocycles. The van der Waals surface area contributed by atoms with E-state index in [9.17, 15) is 4.79 Å². The molecular weight excluding hydrogens is 280 g/mol. The van der Waals surface area contributed by atoms with Crippen molar-refractivity contribution in [2.45, 2.75) is 19.1 Å². The van der Waals surface area contributed by atoms with E-state index in [4.69, 9.17) is 9.47 Å². The number of nitrogens with zero attached hydrogens (tertiary/aromatic N) is 2. The predicted molar refractivity (Wildman–Crippen MR) is 83.4 cm³/mol. The number of esters is 1. The second-order valence-corrected chi connectivity index (χ2v) is 5.50. The number of hydrogen-bond donors (Lipinski definition) is 0. The molecule has 0 unspecified atom stereocenters. The molecule has 116 valence electrons. The third kappa shape index (κ3) is 3.43. The van der Waals surface area contributed by atoms with Crippen LogP contribution >= 0.6 is 0 Å². The van der Waals surface area contributed by atoms with Gasteiger partial charge in [0.25, 0.3) is 0 Å². The van der Waals surface area contributed by atoms with Gasteiger partial charge in [-0.05, 0) is 11.6 Å². The Morgan fingerprint density at radius 3 is 3.14 bits per heavy atom. The molecule has 0 radical (unpaired) electrons. The minimum atomic E-state index is -0.223. The normalized spacial score (nSPS) is 19.2. The van der Waals surface area contributed by atoms with E-state index in [-0.39, 0.29) is 12.1 Å². The molecule has 1 aliphatic rings. The van der Waals surface area contributed by atoms with Crippen LogP contribution in [-0.2, 0) is 20.8 Å². The molecule has 1 aliphatic heterocycles. The van der Waals surface area contributed by atoms with Crippen LogP contribution in [0.3, 0.4) is 0 Å². The Kier molecular flexibility index (Phi) is 4.65. The van der Waals surface area contributed by atoms with Gasteiger partial charge in [-0.25, -0.2) is 0 Å². The van der Waals surface area contributed by atoms with Crippen LogP contribution in [0.5, 0.6) is 0 Å². The molecule has 22 heavy (non-hydrogen) atoms. The summed E-state index contributed by atoms with van der Waals surface area (Å²) in [5.74, 6) is -0.223. The van der Waals surface area contributed by atoms with Crippen LogP contribution in [0.4, 0.5) is 0 Å². The van der Waals surface area contributed by atoms with Gasteiger partial charge in [0, 0.05) is 31.2 Å². The van der Waals surface area contributed by atoms with Crippen LogP contribution in [0.2, 0.25) is 0 Å². The summed E-state index contributed by atoms with van der Waals surface area (Å²) in [6.07, 6.45) is 2.04. The van der Waals surface area contributed by atoms with Crippen molar-refractivity contribution < 1.29 is 14.3 Å². The summed E-state index contributed by atoms with van der Waals surface area (Å²) in [5, 5.41) is 1.15. The number of pyridine rings is 1. The Labute approximate surface area is 129 Å². The van der Waals surface area contributed by atoms with Gasteiger partial charge in [-0.2, -0.15) is 0 Å². The largest absolute Gasteiger partial charge is 0.469 e. The summed E-state index contributed by atoms with van der Waals surface area (Å²) in [5.41, 5.74) is 2.25. The van der Waals surface area contributed by atoms with Crippen LogP contribution in [0.25, 0.3) is 10.9 Å². The van der Waals surface area contributed by atoms with Crippen molar-refractivity contribution in [3.8, 4) is 0 Å². The predicted octanol–water partition coefficient (Wildman–Crippen LogP) is 2.00. The monoisotopic (exact) mass is 300 g/mol. The van der Waals surface area contributed by atoms with Gasteiger partial charge in [-0.1, -0.05) is 24.3 Å². The number of benzene rings is 1.